The van der Waals surface area contributed by atoms with Gasteiger partial charge < -0.3 is 4.74 Å². The molecule has 22 heavy (non-hydrogen) atoms. The zero-order chi connectivity index (χ0) is 15.6. The average Bonchev–Trinajstić information content (AvgIpc) is 2.55. The molecule has 0 saturated carbocycles. The number of benzene rings is 3. The second-order valence-corrected chi connectivity index (χ2v) is 7.11. The van der Waals surface area contributed by atoms with Crippen molar-refractivity contribution in [3.05, 3.63) is 72.3 Å². The van der Waals surface area contributed by atoms with Crippen LogP contribution in [0.3, 0.4) is 0 Å². The molecule has 0 aliphatic heterocycles. The second kappa shape index (κ2) is 5.81. The van der Waals surface area contributed by atoms with E-state index in [2.05, 4.69) is 0 Å². The molecule has 112 valence electrons. The Morgan fingerprint density at radius 1 is 0.864 bits per heavy atom. The Kier molecular flexibility index (Phi) is 3.86. The van der Waals surface area contributed by atoms with Crippen LogP contribution in [0.15, 0.2) is 71.6 Å². The smallest absolute Gasteiger partial charge is 0.182 e. The Morgan fingerprint density at radius 3 is 2.23 bits per heavy atom. The van der Waals surface area contributed by atoms with Gasteiger partial charge in [-0.15, -0.1) is 0 Å². The van der Waals surface area contributed by atoms with Crippen molar-refractivity contribution < 1.29 is 13.2 Å². The molecule has 0 radical (unpaired) electrons. The number of hydrogen-bond acceptors (Lipinski definition) is 3. The first kappa shape index (κ1) is 14.6. The Morgan fingerprint density at radius 2 is 1.55 bits per heavy atom. The van der Waals surface area contributed by atoms with Crippen LogP contribution in [-0.4, -0.2) is 15.5 Å². The Hall–Kier alpha value is -2.33. The highest BCUT2D eigenvalue weighted by Gasteiger charge is 2.15. The fourth-order valence-corrected chi connectivity index (χ4v) is 3.77. The van der Waals surface area contributed by atoms with Gasteiger partial charge in [0, 0.05) is 0 Å². The predicted octanol–water partition coefficient (Wildman–Crippen LogP) is 3.82. The van der Waals surface area contributed by atoms with E-state index in [4.69, 9.17) is 4.74 Å². The van der Waals surface area contributed by atoms with Gasteiger partial charge in [0.1, 0.15) is 5.75 Å². The van der Waals surface area contributed by atoms with E-state index in [1.54, 1.807) is 43.5 Å². The SMILES string of the molecule is COc1ccc(CS(=O)(=O)c2ccc3ccccc3c2)cc1. The maximum atomic E-state index is 12.6. The Balaban J connectivity index is 1.93. The largest absolute Gasteiger partial charge is 0.497 e. The Bertz CT molecular complexity index is 897. The summed E-state index contributed by atoms with van der Waals surface area (Å²) in [4.78, 5) is 0.349. The fourth-order valence-electron chi connectivity index (χ4n) is 2.39. The van der Waals surface area contributed by atoms with Crippen LogP contribution >= 0.6 is 0 Å². The zero-order valence-corrected chi connectivity index (χ0v) is 13.0. The first-order valence-electron chi connectivity index (χ1n) is 6.93. The molecule has 0 aliphatic rings. The molecule has 0 fully saturated rings. The molecule has 4 heteroatoms. The third kappa shape index (κ3) is 2.97. The summed E-state index contributed by atoms with van der Waals surface area (Å²) in [5.41, 5.74) is 0.744. The van der Waals surface area contributed by atoms with Crippen LogP contribution in [0.2, 0.25) is 0 Å². The van der Waals surface area contributed by atoms with Gasteiger partial charge in [-0.2, -0.15) is 0 Å². The third-order valence-electron chi connectivity index (χ3n) is 3.60. The summed E-state index contributed by atoms with van der Waals surface area (Å²) in [5.74, 6) is 0.696. The summed E-state index contributed by atoms with van der Waals surface area (Å²) >= 11 is 0. The van der Waals surface area contributed by atoms with Crippen LogP contribution < -0.4 is 4.74 Å². The summed E-state index contributed by atoms with van der Waals surface area (Å²) in [7, 11) is -1.78. The lowest BCUT2D eigenvalue weighted by molar-refractivity contribution is 0.414. The molecule has 0 bridgehead atoms. The third-order valence-corrected chi connectivity index (χ3v) is 5.28. The molecule has 0 atom stereocenters. The summed E-state index contributed by atoms with van der Waals surface area (Å²) in [6.45, 7) is 0. The molecule has 0 aliphatic carbocycles. The monoisotopic (exact) mass is 312 g/mol. The van der Waals surface area contributed by atoms with Crippen LogP contribution in [-0.2, 0) is 15.6 Å². The van der Waals surface area contributed by atoms with Gasteiger partial charge in [-0.25, -0.2) is 8.42 Å². The quantitative estimate of drug-likeness (QED) is 0.735. The van der Waals surface area contributed by atoms with Crippen LogP contribution in [0.25, 0.3) is 10.8 Å². The van der Waals surface area contributed by atoms with Crippen molar-refractivity contribution in [1.29, 1.82) is 0 Å². The maximum absolute atomic E-state index is 12.6. The van der Waals surface area contributed by atoms with E-state index in [1.807, 2.05) is 30.3 Å². The second-order valence-electron chi connectivity index (χ2n) is 5.12. The summed E-state index contributed by atoms with van der Waals surface area (Å²) < 4.78 is 30.2. The number of fused-ring (bicyclic) bond motifs is 1. The number of methoxy groups -OCH3 is 1. The highest BCUT2D eigenvalue weighted by molar-refractivity contribution is 7.90. The van der Waals surface area contributed by atoms with Crippen molar-refractivity contribution in [2.75, 3.05) is 7.11 Å². The summed E-state index contributed by atoms with van der Waals surface area (Å²) in [6, 6.07) is 20.1. The van der Waals surface area contributed by atoms with E-state index in [9.17, 15) is 8.42 Å². The predicted molar refractivity (Wildman–Crippen MR) is 87.8 cm³/mol. The molecule has 0 spiro atoms. The Labute approximate surface area is 130 Å². The molecule has 0 amide bonds. The van der Waals surface area contributed by atoms with E-state index in [0.29, 0.717) is 10.6 Å². The molecule has 0 unspecified atom stereocenters. The minimum atomic E-state index is -3.37. The van der Waals surface area contributed by atoms with Crippen molar-refractivity contribution >= 4 is 20.6 Å². The van der Waals surface area contributed by atoms with Crippen LogP contribution in [0.1, 0.15) is 5.56 Å². The molecule has 0 saturated heterocycles. The zero-order valence-electron chi connectivity index (χ0n) is 12.2. The van der Waals surface area contributed by atoms with Gasteiger partial charge >= 0.3 is 0 Å². The summed E-state index contributed by atoms with van der Waals surface area (Å²) in [6.07, 6.45) is 0. The fraction of sp³-hybridized carbons (Fsp3) is 0.111. The molecule has 0 heterocycles. The maximum Gasteiger partial charge on any atom is 0.182 e. The van der Waals surface area contributed by atoms with Crippen molar-refractivity contribution in [2.45, 2.75) is 10.6 Å². The van der Waals surface area contributed by atoms with E-state index in [1.165, 1.54) is 0 Å². The van der Waals surface area contributed by atoms with Crippen LogP contribution in [0, 0.1) is 0 Å². The standard InChI is InChI=1S/C18H16O3S/c1-21-17-9-6-14(7-10-17)13-22(19,20)18-11-8-15-4-2-3-5-16(15)12-18/h2-12H,13H2,1H3. The first-order valence-corrected chi connectivity index (χ1v) is 8.58. The van der Waals surface area contributed by atoms with Gasteiger partial charge in [0.15, 0.2) is 9.84 Å². The lowest BCUT2D eigenvalue weighted by Crippen LogP contribution is -2.05. The number of hydrogen-bond donors (Lipinski definition) is 0. The topological polar surface area (TPSA) is 43.4 Å². The molecule has 0 N–H and O–H groups in total. The molecular weight excluding hydrogens is 296 g/mol. The molecule has 3 aromatic carbocycles. The number of rotatable bonds is 4. The van der Waals surface area contributed by atoms with Gasteiger partial charge in [-0.3, -0.25) is 0 Å². The lowest BCUT2D eigenvalue weighted by atomic mass is 10.1. The first-order chi connectivity index (χ1) is 10.6. The molecule has 3 rings (SSSR count). The molecule has 3 aromatic rings. The van der Waals surface area contributed by atoms with E-state index in [-0.39, 0.29) is 5.75 Å². The highest BCUT2D eigenvalue weighted by Crippen LogP contribution is 2.22. The van der Waals surface area contributed by atoms with Gasteiger partial charge in [-0.1, -0.05) is 42.5 Å². The van der Waals surface area contributed by atoms with E-state index in [0.717, 1.165) is 16.3 Å². The van der Waals surface area contributed by atoms with E-state index >= 15 is 0 Å². The van der Waals surface area contributed by atoms with Gasteiger partial charge in [0.2, 0.25) is 0 Å². The number of ether oxygens (including phenoxy) is 1. The van der Waals surface area contributed by atoms with Crippen molar-refractivity contribution in [1.82, 2.24) is 0 Å². The molecular formula is C18H16O3S. The van der Waals surface area contributed by atoms with Gasteiger partial charge in [0.05, 0.1) is 17.8 Å². The molecule has 0 aromatic heterocycles. The highest BCUT2D eigenvalue weighted by atomic mass is 32.2. The van der Waals surface area contributed by atoms with Crippen molar-refractivity contribution in [2.24, 2.45) is 0 Å². The minimum Gasteiger partial charge on any atom is -0.497 e. The normalized spacial score (nSPS) is 11.5. The lowest BCUT2D eigenvalue weighted by Gasteiger charge is -2.07. The van der Waals surface area contributed by atoms with Crippen molar-refractivity contribution in [3.8, 4) is 5.75 Å². The van der Waals surface area contributed by atoms with Gasteiger partial charge in [0.25, 0.3) is 0 Å². The van der Waals surface area contributed by atoms with Gasteiger partial charge in [-0.05, 0) is 40.6 Å². The average molecular weight is 312 g/mol. The van der Waals surface area contributed by atoms with E-state index < -0.39 is 9.84 Å². The molecule has 3 nitrogen and oxygen atoms in total. The van der Waals surface area contributed by atoms with Crippen molar-refractivity contribution in [3.63, 3.8) is 0 Å². The van der Waals surface area contributed by atoms with Crippen LogP contribution in [0.5, 0.6) is 5.75 Å². The number of sulfone groups is 1. The minimum absolute atomic E-state index is 0.0185. The summed E-state index contributed by atoms with van der Waals surface area (Å²) in [5, 5.41) is 1.96. The van der Waals surface area contributed by atoms with Crippen LogP contribution in [0.4, 0.5) is 0 Å².